The fourth-order valence-electron chi connectivity index (χ4n) is 1.84. The molecule has 0 bridgehead atoms. The Kier molecular flexibility index (Phi) is 3.47. The van der Waals surface area contributed by atoms with Gasteiger partial charge >= 0.3 is 0 Å². The van der Waals surface area contributed by atoms with Crippen LogP contribution in [-0.4, -0.2) is 26.9 Å². The predicted molar refractivity (Wildman–Crippen MR) is 80.0 cm³/mol. The Balaban J connectivity index is 1.83. The first-order chi connectivity index (χ1) is 9.80. The highest BCUT2D eigenvalue weighted by atomic mass is 32.1. The minimum atomic E-state index is 0.826. The number of methoxy groups -OCH3 is 1. The molecule has 0 radical (unpaired) electrons. The van der Waals surface area contributed by atoms with Crippen molar-refractivity contribution in [1.82, 2.24) is 19.8 Å². The summed E-state index contributed by atoms with van der Waals surface area (Å²) in [5.41, 5.74) is 1.10. The highest BCUT2D eigenvalue weighted by molar-refractivity contribution is 7.17. The molecule has 5 nitrogen and oxygen atoms in total. The van der Waals surface area contributed by atoms with Crippen molar-refractivity contribution < 1.29 is 4.74 Å². The van der Waals surface area contributed by atoms with Crippen LogP contribution in [0.15, 0.2) is 24.3 Å². The number of aromatic nitrogens is 4. The van der Waals surface area contributed by atoms with Gasteiger partial charge in [-0.25, -0.2) is 0 Å². The van der Waals surface area contributed by atoms with E-state index in [1.54, 1.807) is 11.6 Å². The first-order valence-corrected chi connectivity index (χ1v) is 7.15. The van der Waals surface area contributed by atoms with E-state index in [4.69, 9.17) is 4.74 Å². The van der Waals surface area contributed by atoms with Crippen molar-refractivity contribution in [3.8, 4) is 5.75 Å². The first-order valence-electron chi connectivity index (χ1n) is 6.33. The number of benzene rings is 1. The summed E-state index contributed by atoms with van der Waals surface area (Å²) in [6, 6.07) is 7.89. The third-order valence-electron chi connectivity index (χ3n) is 2.92. The molecule has 0 spiro atoms. The number of fused-ring (bicyclic) bond motifs is 1. The van der Waals surface area contributed by atoms with E-state index in [1.807, 2.05) is 43.3 Å². The summed E-state index contributed by atoms with van der Waals surface area (Å²) < 4.78 is 6.94. The molecule has 0 fully saturated rings. The Hall–Kier alpha value is -2.21. The zero-order valence-electron chi connectivity index (χ0n) is 11.3. The number of rotatable bonds is 4. The summed E-state index contributed by atoms with van der Waals surface area (Å²) >= 11 is 1.53. The molecule has 2 heterocycles. The second kappa shape index (κ2) is 5.42. The summed E-state index contributed by atoms with van der Waals surface area (Å²) in [7, 11) is 1.66. The minimum absolute atomic E-state index is 0.826. The molecule has 0 saturated carbocycles. The highest BCUT2D eigenvalue weighted by Gasteiger charge is 2.08. The molecule has 3 aromatic rings. The van der Waals surface area contributed by atoms with Crippen molar-refractivity contribution in [2.24, 2.45) is 0 Å². The third kappa shape index (κ3) is 2.42. The Morgan fingerprint density at radius 1 is 1.20 bits per heavy atom. The standard InChI is InChI=1S/C14H14N4OS/c1-3-12-15-16-14-18(12)17-13(20-14)9-6-10-4-7-11(19-2)8-5-10/h4-9H,3H2,1-2H3/b9-6-. The molecule has 0 N–H and O–H groups in total. The van der Waals surface area contributed by atoms with Crippen molar-refractivity contribution in [2.75, 3.05) is 7.11 Å². The van der Waals surface area contributed by atoms with Crippen molar-refractivity contribution in [3.63, 3.8) is 0 Å². The molecule has 0 aliphatic carbocycles. The maximum Gasteiger partial charge on any atom is 0.234 e. The summed E-state index contributed by atoms with van der Waals surface area (Å²) in [5, 5.41) is 13.6. The van der Waals surface area contributed by atoms with Crippen LogP contribution in [0, 0.1) is 0 Å². The quantitative estimate of drug-likeness (QED) is 0.740. The van der Waals surface area contributed by atoms with Crippen LogP contribution < -0.4 is 4.74 Å². The molecule has 0 aliphatic rings. The molecule has 3 rings (SSSR count). The van der Waals surface area contributed by atoms with Gasteiger partial charge in [0.1, 0.15) is 10.8 Å². The number of nitrogens with zero attached hydrogens (tertiary/aromatic N) is 4. The van der Waals surface area contributed by atoms with Crippen molar-refractivity contribution >= 4 is 28.4 Å². The van der Waals surface area contributed by atoms with Gasteiger partial charge in [0, 0.05) is 6.42 Å². The smallest absolute Gasteiger partial charge is 0.234 e. The summed E-state index contributed by atoms with van der Waals surface area (Å²) in [6.07, 6.45) is 4.84. The van der Waals surface area contributed by atoms with E-state index in [-0.39, 0.29) is 0 Å². The Morgan fingerprint density at radius 2 is 2.00 bits per heavy atom. The summed E-state index contributed by atoms with van der Waals surface area (Å²) in [4.78, 5) is 0.830. The van der Waals surface area contributed by atoms with Gasteiger partial charge < -0.3 is 4.74 Å². The van der Waals surface area contributed by atoms with Gasteiger partial charge in [-0.15, -0.1) is 10.2 Å². The maximum atomic E-state index is 5.13. The van der Waals surface area contributed by atoms with Gasteiger partial charge in [-0.1, -0.05) is 36.5 Å². The van der Waals surface area contributed by atoms with Crippen molar-refractivity contribution in [3.05, 3.63) is 40.7 Å². The van der Waals surface area contributed by atoms with Crippen LogP contribution in [0.3, 0.4) is 0 Å². The van der Waals surface area contributed by atoms with Crippen LogP contribution in [0.1, 0.15) is 23.3 Å². The van der Waals surface area contributed by atoms with Crippen molar-refractivity contribution in [2.45, 2.75) is 13.3 Å². The highest BCUT2D eigenvalue weighted by Crippen LogP contribution is 2.18. The zero-order chi connectivity index (χ0) is 13.9. The lowest BCUT2D eigenvalue weighted by Crippen LogP contribution is -1.92. The van der Waals surface area contributed by atoms with Crippen LogP contribution in [-0.2, 0) is 6.42 Å². The fourth-order valence-corrected chi connectivity index (χ4v) is 2.60. The van der Waals surface area contributed by atoms with Gasteiger partial charge in [-0.2, -0.15) is 9.61 Å². The monoisotopic (exact) mass is 286 g/mol. The maximum absolute atomic E-state index is 5.13. The van der Waals surface area contributed by atoms with Crippen LogP contribution in [0.5, 0.6) is 5.75 Å². The fraction of sp³-hybridized carbons (Fsp3) is 0.214. The third-order valence-corrected chi connectivity index (χ3v) is 3.79. The Morgan fingerprint density at radius 3 is 2.70 bits per heavy atom. The van der Waals surface area contributed by atoms with Crippen molar-refractivity contribution in [1.29, 1.82) is 0 Å². The largest absolute Gasteiger partial charge is 0.497 e. The van der Waals surface area contributed by atoms with Crippen LogP contribution in [0.4, 0.5) is 0 Å². The number of hydrogen-bond donors (Lipinski definition) is 0. The Bertz CT molecular complexity index is 742. The van der Waals surface area contributed by atoms with Crippen LogP contribution in [0.2, 0.25) is 0 Å². The van der Waals surface area contributed by atoms with E-state index in [2.05, 4.69) is 15.3 Å². The molecule has 0 amide bonds. The number of hydrogen-bond acceptors (Lipinski definition) is 5. The van der Waals surface area contributed by atoms with Gasteiger partial charge in [-0.3, -0.25) is 0 Å². The van der Waals surface area contributed by atoms with Gasteiger partial charge in [0.05, 0.1) is 7.11 Å². The molecule has 6 heteroatoms. The lowest BCUT2D eigenvalue weighted by Gasteiger charge is -1.98. The van der Waals surface area contributed by atoms with Gasteiger partial charge in [-0.05, 0) is 23.8 Å². The van der Waals surface area contributed by atoms with Crippen LogP contribution >= 0.6 is 11.3 Å². The molecule has 0 atom stereocenters. The van der Waals surface area contributed by atoms with E-state index >= 15 is 0 Å². The molecule has 0 aliphatic heterocycles. The van der Waals surface area contributed by atoms with E-state index in [0.717, 1.165) is 33.5 Å². The second-order valence-electron chi connectivity index (χ2n) is 4.21. The normalized spacial score (nSPS) is 11.5. The average Bonchev–Trinajstić information content (AvgIpc) is 3.05. The van der Waals surface area contributed by atoms with Crippen LogP contribution in [0.25, 0.3) is 17.1 Å². The minimum Gasteiger partial charge on any atom is -0.497 e. The first kappa shape index (κ1) is 12.8. The summed E-state index contributed by atoms with van der Waals surface area (Å²) in [6.45, 7) is 2.04. The molecule has 20 heavy (non-hydrogen) atoms. The molecule has 0 saturated heterocycles. The van der Waals surface area contributed by atoms with Gasteiger partial charge in [0.15, 0.2) is 5.82 Å². The van der Waals surface area contributed by atoms with E-state index < -0.39 is 0 Å². The molecule has 2 aromatic heterocycles. The molecule has 0 unspecified atom stereocenters. The predicted octanol–water partition coefficient (Wildman–Crippen LogP) is 2.93. The average molecular weight is 286 g/mol. The lowest BCUT2D eigenvalue weighted by molar-refractivity contribution is 0.415. The Labute approximate surface area is 120 Å². The molecular formula is C14H14N4OS. The molecule has 102 valence electrons. The van der Waals surface area contributed by atoms with Gasteiger partial charge in [0.25, 0.3) is 0 Å². The van der Waals surface area contributed by atoms with Gasteiger partial charge in [0.2, 0.25) is 4.96 Å². The second-order valence-corrected chi connectivity index (χ2v) is 5.20. The molecular weight excluding hydrogens is 272 g/mol. The summed E-state index contributed by atoms with van der Waals surface area (Å²) in [5.74, 6) is 1.74. The van der Waals surface area contributed by atoms with E-state index in [9.17, 15) is 0 Å². The van der Waals surface area contributed by atoms with E-state index in [0.29, 0.717) is 0 Å². The zero-order valence-corrected chi connectivity index (χ0v) is 12.1. The number of aryl methyl sites for hydroxylation is 1. The topological polar surface area (TPSA) is 52.3 Å². The van der Waals surface area contributed by atoms with E-state index in [1.165, 1.54) is 11.3 Å². The lowest BCUT2D eigenvalue weighted by atomic mass is 10.2. The SMILES string of the molecule is CCc1nnc2sc(/C=C\c3ccc(OC)cc3)nn12. The number of ether oxygens (including phenoxy) is 1. The molecule has 1 aromatic carbocycles.